The molecule has 0 heterocycles. The van der Waals surface area contributed by atoms with Gasteiger partial charge in [0.05, 0.1) is 0 Å². The summed E-state index contributed by atoms with van der Waals surface area (Å²) in [4.78, 5) is 12.1. The van der Waals surface area contributed by atoms with Crippen molar-refractivity contribution < 1.29 is 4.79 Å². The van der Waals surface area contributed by atoms with Crippen molar-refractivity contribution in [2.24, 2.45) is 10.8 Å². The molecule has 1 unspecified atom stereocenters. The highest BCUT2D eigenvalue weighted by Crippen LogP contribution is 2.25. The largest absolute Gasteiger partial charge is 0.352 e. The molecule has 0 saturated carbocycles. The smallest absolute Gasteiger partial charge is 0.225 e. The number of amides is 1. The molecule has 1 atom stereocenters. The first-order chi connectivity index (χ1) is 7.15. The number of rotatable bonds is 5. The molecular formula is C13H26ClNO. The van der Waals surface area contributed by atoms with E-state index in [1.54, 1.807) is 0 Å². The van der Waals surface area contributed by atoms with Crippen LogP contribution in [-0.2, 0) is 4.79 Å². The Balaban J connectivity index is 4.59. The zero-order valence-corrected chi connectivity index (χ0v) is 12.2. The highest BCUT2D eigenvalue weighted by atomic mass is 35.5. The summed E-state index contributed by atoms with van der Waals surface area (Å²) in [5.74, 6) is 0.703. The van der Waals surface area contributed by atoms with Crippen LogP contribution in [0.4, 0.5) is 0 Å². The van der Waals surface area contributed by atoms with Crippen LogP contribution in [-0.4, -0.2) is 17.8 Å². The second kappa shape index (κ2) is 5.90. The molecule has 0 aromatic carbocycles. The molecule has 0 aromatic heterocycles. The van der Waals surface area contributed by atoms with Gasteiger partial charge in [-0.2, -0.15) is 0 Å². The van der Waals surface area contributed by atoms with Gasteiger partial charge in [-0.15, -0.1) is 11.6 Å². The molecule has 0 bridgehead atoms. The third-order valence-electron chi connectivity index (χ3n) is 3.25. The number of hydrogen-bond acceptors (Lipinski definition) is 1. The van der Waals surface area contributed by atoms with Crippen LogP contribution in [0.1, 0.15) is 54.4 Å². The molecule has 0 aromatic rings. The lowest BCUT2D eigenvalue weighted by molar-refractivity contribution is -0.131. The average molecular weight is 248 g/mol. The highest BCUT2D eigenvalue weighted by molar-refractivity contribution is 6.17. The lowest BCUT2D eigenvalue weighted by atomic mass is 9.83. The lowest BCUT2D eigenvalue weighted by Crippen LogP contribution is -2.48. The zero-order chi connectivity index (χ0) is 13.0. The maximum absolute atomic E-state index is 12.1. The minimum atomic E-state index is -0.296. The van der Waals surface area contributed by atoms with Crippen molar-refractivity contribution in [1.82, 2.24) is 5.32 Å². The first-order valence-electron chi connectivity index (χ1n) is 6.02. The molecule has 0 aliphatic rings. The normalized spacial score (nSPS) is 14.7. The summed E-state index contributed by atoms with van der Waals surface area (Å²) in [6.07, 6.45) is 1.66. The second-order valence-corrected chi connectivity index (χ2v) is 6.49. The van der Waals surface area contributed by atoms with Crippen molar-refractivity contribution in [2.45, 2.75) is 60.4 Å². The standard InChI is InChI=1S/C13H26ClNO/c1-7-13(5,6)11(16)15-10(8-9-14)12(2,3)4/h10H,7-9H2,1-6H3,(H,15,16). The number of halogens is 1. The third kappa shape index (κ3) is 4.73. The molecule has 96 valence electrons. The first-order valence-corrected chi connectivity index (χ1v) is 6.55. The molecule has 0 fully saturated rings. The fraction of sp³-hybridized carbons (Fsp3) is 0.923. The Kier molecular flexibility index (Phi) is 5.81. The minimum Gasteiger partial charge on any atom is -0.352 e. The van der Waals surface area contributed by atoms with Crippen LogP contribution < -0.4 is 5.32 Å². The predicted octanol–water partition coefficient (Wildman–Crippen LogP) is 3.58. The molecule has 0 aliphatic heterocycles. The van der Waals surface area contributed by atoms with E-state index in [0.29, 0.717) is 5.88 Å². The molecule has 0 rings (SSSR count). The van der Waals surface area contributed by atoms with E-state index in [0.717, 1.165) is 12.8 Å². The number of nitrogens with one attached hydrogen (secondary N) is 1. The Bertz CT molecular complexity index is 231. The molecule has 0 saturated heterocycles. The van der Waals surface area contributed by atoms with Gasteiger partial charge in [0.2, 0.25) is 5.91 Å². The van der Waals surface area contributed by atoms with Crippen molar-refractivity contribution in [3.8, 4) is 0 Å². The first kappa shape index (κ1) is 15.8. The number of alkyl halides is 1. The Hall–Kier alpha value is -0.240. The van der Waals surface area contributed by atoms with Crippen LogP contribution in [0.15, 0.2) is 0 Å². The lowest BCUT2D eigenvalue weighted by Gasteiger charge is -2.34. The summed E-state index contributed by atoms with van der Waals surface area (Å²) in [6.45, 7) is 12.4. The fourth-order valence-corrected chi connectivity index (χ4v) is 1.56. The van der Waals surface area contributed by atoms with E-state index in [1.165, 1.54) is 0 Å². The quantitative estimate of drug-likeness (QED) is 0.740. The van der Waals surface area contributed by atoms with Gasteiger partial charge in [-0.05, 0) is 18.3 Å². The van der Waals surface area contributed by atoms with Crippen LogP contribution in [0, 0.1) is 10.8 Å². The number of carbonyl (C=O) groups is 1. The van der Waals surface area contributed by atoms with Gasteiger partial charge < -0.3 is 5.32 Å². The SMILES string of the molecule is CCC(C)(C)C(=O)NC(CCCl)C(C)(C)C. The second-order valence-electron chi connectivity index (χ2n) is 6.11. The van der Waals surface area contributed by atoms with Crippen LogP contribution in [0.25, 0.3) is 0 Å². The van der Waals surface area contributed by atoms with Gasteiger partial charge in [0, 0.05) is 17.3 Å². The van der Waals surface area contributed by atoms with Crippen LogP contribution in [0.2, 0.25) is 0 Å². The van der Waals surface area contributed by atoms with Gasteiger partial charge in [-0.25, -0.2) is 0 Å². The van der Waals surface area contributed by atoms with Crippen molar-refractivity contribution in [3.05, 3.63) is 0 Å². The highest BCUT2D eigenvalue weighted by Gasteiger charge is 2.31. The van der Waals surface area contributed by atoms with Crippen molar-refractivity contribution in [1.29, 1.82) is 0 Å². The van der Waals surface area contributed by atoms with Crippen molar-refractivity contribution >= 4 is 17.5 Å². The van der Waals surface area contributed by atoms with Gasteiger partial charge >= 0.3 is 0 Å². The Morgan fingerprint density at radius 1 is 1.25 bits per heavy atom. The molecule has 16 heavy (non-hydrogen) atoms. The summed E-state index contributed by atoms with van der Waals surface area (Å²) in [6, 6.07) is 0.142. The van der Waals surface area contributed by atoms with E-state index in [-0.39, 0.29) is 22.8 Å². The molecule has 3 heteroatoms. The minimum absolute atomic E-state index is 0.0500. The van der Waals surface area contributed by atoms with Crippen LogP contribution >= 0.6 is 11.6 Å². The van der Waals surface area contributed by atoms with E-state index in [1.807, 2.05) is 20.8 Å². The summed E-state index contributed by atoms with van der Waals surface area (Å²) < 4.78 is 0. The Labute approximate surface area is 105 Å². The molecule has 1 amide bonds. The zero-order valence-electron chi connectivity index (χ0n) is 11.5. The summed E-state index contributed by atoms with van der Waals surface area (Å²) in [7, 11) is 0. The molecule has 1 N–H and O–H groups in total. The van der Waals surface area contributed by atoms with Crippen LogP contribution in [0.5, 0.6) is 0 Å². The molecule has 2 nitrogen and oxygen atoms in total. The maximum Gasteiger partial charge on any atom is 0.225 e. The predicted molar refractivity (Wildman–Crippen MR) is 70.8 cm³/mol. The van der Waals surface area contributed by atoms with E-state index in [9.17, 15) is 4.79 Å². The Morgan fingerprint density at radius 3 is 2.06 bits per heavy atom. The summed E-state index contributed by atoms with van der Waals surface area (Å²) in [5, 5.41) is 3.13. The van der Waals surface area contributed by atoms with Crippen molar-refractivity contribution in [3.63, 3.8) is 0 Å². The van der Waals surface area contributed by atoms with Crippen molar-refractivity contribution in [2.75, 3.05) is 5.88 Å². The number of hydrogen-bond donors (Lipinski definition) is 1. The van der Waals surface area contributed by atoms with Gasteiger partial charge in [0.25, 0.3) is 0 Å². The summed E-state index contributed by atoms with van der Waals surface area (Å²) in [5.41, 5.74) is -0.246. The fourth-order valence-electron chi connectivity index (χ4n) is 1.34. The molecule has 0 radical (unpaired) electrons. The molecule has 0 spiro atoms. The van der Waals surface area contributed by atoms with Gasteiger partial charge in [-0.3, -0.25) is 4.79 Å². The van der Waals surface area contributed by atoms with E-state index in [2.05, 4.69) is 26.1 Å². The van der Waals surface area contributed by atoms with Gasteiger partial charge in [0.15, 0.2) is 0 Å². The maximum atomic E-state index is 12.1. The van der Waals surface area contributed by atoms with E-state index in [4.69, 9.17) is 11.6 Å². The molecule has 0 aliphatic carbocycles. The van der Waals surface area contributed by atoms with Crippen LogP contribution in [0.3, 0.4) is 0 Å². The van der Waals surface area contributed by atoms with Gasteiger partial charge in [0.1, 0.15) is 0 Å². The van der Waals surface area contributed by atoms with E-state index >= 15 is 0 Å². The molecular weight excluding hydrogens is 222 g/mol. The van der Waals surface area contributed by atoms with Gasteiger partial charge in [-0.1, -0.05) is 41.5 Å². The third-order valence-corrected chi connectivity index (χ3v) is 3.47. The Morgan fingerprint density at radius 2 is 1.75 bits per heavy atom. The van der Waals surface area contributed by atoms with E-state index < -0.39 is 0 Å². The average Bonchev–Trinajstić information content (AvgIpc) is 2.15. The number of carbonyl (C=O) groups excluding carboxylic acids is 1. The topological polar surface area (TPSA) is 29.1 Å². The monoisotopic (exact) mass is 247 g/mol. The summed E-state index contributed by atoms with van der Waals surface area (Å²) >= 11 is 5.78.